The van der Waals surface area contributed by atoms with Gasteiger partial charge in [-0.2, -0.15) is 0 Å². The Morgan fingerprint density at radius 3 is 1.12 bits per heavy atom. The molecule has 0 spiro atoms. The van der Waals surface area contributed by atoms with Gasteiger partial charge in [0.05, 0.1) is 0 Å². The molecule has 0 bridgehead atoms. The molecule has 0 atom stereocenters. The molecule has 0 aromatic carbocycles. The molecular weight excluding hydrogens is 175 g/mol. The Hall–Kier alpha value is 1.06. The van der Waals surface area contributed by atoms with Crippen LogP contribution < -0.4 is 5.73 Å². The number of hydrogen-bond acceptors (Lipinski definition) is 1. The number of nitrogens with two attached hydrogens (primary N) is 1. The fourth-order valence-electron chi connectivity index (χ4n) is 0. The molecule has 0 aromatic heterocycles. The minimum atomic E-state index is 0. The molecule has 2 heteroatoms. The topological polar surface area (TPSA) is 26.0 Å². The van der Waals surface area contributed by atoms with E-state index in [9.17, 15) is 0 Å². The van der Waals surface area contributed by atoms with Crippen molar-refractivity contribution in [1.29, 1.82) is 0 Å². The third-order valence-electron chi connectivity index (χ3n) is 0. The Morgan fingerprint density at radius 1 is 1.12 bits per heavy atom. The number of hydrogen-bond donors (Lipinski definition) is 1. The van der Waals surface area contributed by atoms with Gasteiger partial charge < -0.3 is 12.7 Å². The molecule has 0 heterocycles. The van der Waals surface area contributed by atoms with Crippen LogP contribution in [0.15, 0.2) is 0 Å². The predicted molar refractivity (Wildman–Crippen MR) is 37.1 cm³/mol. The Balaban J connectivity index is -0.0000000147. The molecule has 0 aliphatic heterocycles. The molecule has 2 N–H and O–H groups in total. The SMILES string of the molecule is CC.CC.[CH2-]CN.[Y]. The Kier molecular flexibility index (Phi) is 271. The van der Waals surface area contributed by atoms with Gasteiger partial charge in [-0.1, -0.05) is 27.7 Å². The summed E-state index contributed by atoms with van der Waals surface area (Å²) in [6, 6.07) is 0. The largest absolute Gasteiger partial charge is 0.360 e. The first-order valence-corrected chi connectivity index (χ1v) is 2.91. The van der Waals surface area contributed by atoms with Crippen LogP contribution >= 0.6 is 0 Å². The van der Waals surface area contributed by atoms with E-state index in [0.717, 1.165) is 0 Å². The quantitative estimate of drug-likeness (QED) is 0.583. The predicted octanol–water partition coefficient (Wildman–Crippen LogP) is 1.83. The maximum absolute atomic E-state index is 4.74. The fraction of sp³-hybridized carbons (Fsp3) is 0.833. The molecule has 51 valence electrons. The van der Waals surface area contributed by atoms with Gasteiger partial charge in [-0.25, -0.2) is 0 Å². The van der Waals surface area contributed by atoms with E-state index in [2.05, 4.69) is 6.92 Å². The van der Waals surface area contributed by atoms with Crippen molar-refractivity contribution < 1.29 is 32.7 Å². The van der Waals surface area contributed by atoms with E-state index < -0.39 is 0 Å². The van der Waals surface area contributed by atoms with Crippen molar-refractivity contribution in [2.45, 2.75) is 27.7 Å². The molecule has 0 saturated heterocycles. The van der Waals surface area contributed by atoms with Crippen LogP contribution in [-0.2, 0) is 32.7 Å². The first kappa shape index (κ1) is 23.0. The first-order valence-electron chi connectivity index (χ1n) is 2.91. The summed E-state index contributed by atoms with van der Waals surface area (Å²) >= 11 is 0. The van der Waals surface area contributed by atoms with Gasteiger partial charge in [0.1, 0.15) is 0 Å². The summed E-state index contributed by atoms with van der Waals surface area (Å²) in [7, 11) is 0. The van der Waals surface area contributed by atoms with Crippen LogP contribution in [0.2, 0.25) is 0 Å². The summed E-state index contributed by atoms with van der Waals surface area (Å²) in [4.78, 5) is 0. The zero-order valence-electron chi connectivity index (χ0n) is 6.57. The van der Waals surface area contributed by atoms with Gasteiger partial charge in [0.15, 0.2) is 0 Å². The van der Waals surface area contributed by atoms with Gasteiger partial charge in [-0.05, 0) is 0 Å². The molecule has 0 amide bonds. The molecule has 1 nitrogen and oxygen atoms in total. The van der Waals surface area contributed by atoms with Crippen LogP contribution in [0.4, 0.5) is 0 Å². The molecule has 0 aromatic rings. The molecule has 1 radical (unpaired) electrons. The van der Waals surface area contributed by atoms with Crippen LogP contribution in [0, 0.1) is 6.92 Å². The minimum Gasteiger partial charge on any atom is -0.360 e. The molecule has 8 heavy (non-hydrogen) atoms. The molecule has 0 aliphatic rings. The van der Waals surface area contributed by atoms with E-state index in [0.29, 0.717) is 6.54 Å². The van der Waals surface area contributed by atoms with E-state index in [1.807, 2.05) is 27.7 Å². The second-order valence-corrected chi connectivity index (χ2v) is 0.289. The van der Waals surface area contributed by atoms with Crippen LogP contribution in [0.5, 0.6) is 0 Å². The van der Waals surface area contributed by atoms with E-state index in [4.69, 9.17) is 5.73 Å². The third-order valence-corrected chi connectivity index (χ3v) is 0. The second kappa shape index (κ2) is 94.5. The van der Waals surface area contributed by atoms with Crippen molar-refractivity contribution in [3.63, 3.8) is 0 Å². The van der Waals surface area contributed by atoms with E-state index in [1.165, 1.54) is 0 Å². The van der Waals surface area contributed by atoms with Crippen LogP contribution in [0.1, 0.15) is 27.7 Å². The van der Waals surface area contributed by atoms with E-state index >= 15 is 0 Å². The Bertz CT molecular complexity index is 8.49. The number of rotatable bonds is 0. The Morgan fingerprint density at radius 2 is 1.12 bits per heavy atom. The molecule has 0 unspecified atom stereocenters. The van der Waals surface area contributed by atoms with Crippen molar-refractivity contribution in [2.24, 2.45) is 5.73 Å². The van der Waals surface area contributed by atoms with Gasteiger partial charge in [-0.3, -0.25) is 0 Å². The normalized spacial score (nSPS) is 3.75. The zero-order valence-corrected chi connectivity index (χ0v) is 9.41. The average molecular weight is 193 g/mol. The summed E-state index contributed by atoms with van der Waals surface area (Å²) in [6.07, 6.45) is 0. The summed E-state index contributed by atoms with van der Waals surface area (Å²) in [6.45, 7) is 11.8. The second-order valence-electron chi connectivity index (χ2n) is 0.289. The van der Waals surface area contributed by atoms with Crippen molar-refractivity contribution in [3.05, 3.63) is 6.92 Å². The van der Waals surface area contributed by atoms with Gasteiger partial charge in [0.25, 0.3) is 0 Å². The maximum Gasteiger partial charge on any atom is 0 e. The molecule has 0 rings (SSSR count). The first-order chi connectivity index (χ1) is 3.41. The molecule has 0 fully saturated rings. The standard InChI is InChI=1S/C2H6N.2C2H6.Y/c1-2-3;2*1-2;/h1-3H2;2*1-2H3;/q-1;;;. The van der Waals surface area contributed by atoms with Crippen molar-refractivity contribution in [3.8, 4) is 0 Å². The third kappa shape index (κ3) is 229. The summed E-state index contributed by atoms with van der Waals surface area (Å²) < 4.78 is 0. The molecular formula is C6H18NY-. The van der Waals surface area contributed by atoms with Crippen LogP contribution in [0.25, 0.3) is 0 Å². The Labute approximate surface area is 79.3 Å². The van der Waals surface area contributed by atoms with Gasteiger partial charge >= 0.3 is 0 Å². The molecule has 0 aliphatic carbocycles. The molecule has 0 saturated carbocycles. The summed E-state index contributed by atoms with van der Waals surface area (Å²) in [5.41, 5.74) is 4.74. The van der Waals surface area contributed by atoms with E-state index in [1.54, 1.807) is 0 Å². The fourth-order valence-corrected chi connectivity index (χ4v) is 0. The summed E-state index contributed by atoms with van der Waals surface area (Å²) in [5.74, 6) is 0. The van der Waals surface area contributed by atoms with Gasteiger partial charge in [0, 0.05) is 32.7 Å². The van der Waals surface area contributed by atoms with E-state index in [-0.39, 0.29) is 32.7 Å². The average Bonchev–Trinajstić information content (AvgIpc) is 1.78. The van der Waals surface area contributed by atoms with Gasteiger partial charge in [0.2, 0.25) is 0 Å². The minimum absolute atomic E-state index is 0. The smallest absolute Gasteiger partial charge is 0 e. The van der Waals surface area contributed by atoms with Crippen molar-refractivity contribution >= 4 is 0 Å². The van der Waals surface area contributed by atoms with Gasteiger partial charge in [-0.15, -0.1) is 6.54 Å². The maximum atomic E-state index is 4.74. The van der Waals surface area contributed by atoms with Crippen molar-refractivity contribution in [2.75, 3.05) is 6.54 Å². The van der Waals surface area contributed by atoms with Crippen LogP contribution in [-0.4, -0.2) is 6.54 Å². The van der Waals surface area contributed by atoms with Crippen molar-refractivity contribution in [1.82, 2.24) is 0 Å². The zero-order chi connectivity index (χ0) is 6.71. The van der Waals surface area contributed by atoms with Crippen LogP contribution in [0.3, 0.4) is 0 Å². The monoisotopic (exact) mass is 193 g/mol. The summed E-state index contributed by atoms with van der Waals surface area (Å²) in [5, 5.41) is 0.